The Labute approximate surface area is 136 Å². The van der Waals surface area contributed by atoms with Crippen LogP contribution < -0.4 is 0 Å². The highest BCUT2D eigenvalue weighted by molar-refractivity contribution is 5.25. The molecule has 0 amide bonds. The lowest BCUT2D eigenvalue weighted by molar-refractivity contribution is 0.125. The lowest BCUT2D eigenvalue weighted by Crippen LogP contribution is -2.12. The van der Waals surface area contributed by atoms with Crippen molar-refractivity contribution in [3.63, 3.8) is 0 Å². The molecule has 1 aromatic rings. The van der Waals surface area contributed by atoms with Gasteiger partial charge >= 0.3 is 0 Å². The molecule has 0 atom stereocenters. The van der Waals surface area contributed by atoms with E-state index in [0.717, 1.165) is 31.5 Å². The van der Waals surface area contributed by atoms with Crippen molar-refractivity contribution in [2.45, 2.75) is 58.0 Å². The molecule has 0 radical (unpaired) electrons. The average molecular weight is 298 g/mol. The van der Waals surface area contributed by atoms with E-state index in [1.54, 1.807) is 0 Å². The molecule has 0 heterocycles. The minimum absolute atomic E-state index is 0.726. The Hall–Kier alpha value is -1.34. The number of hydrogen-bond acceptors (Lipinski definition) is 1. The predicted molar refractivity (Wildman–Crippen MR) is 95.0 cm³/mol. The summed E-state index contributed by atoms with van der Waals surface area (Å²) in [7, 11) is 0. The molecule has 0 aromatic heterocycles. The standard InChI is InChI=1S/C21H30O/c1-3-5-6-16-22-17-19-10-14-21(15-11-19)20-12-8-18(7-4-2)9-13-20/h3-5,10-11,14-15,18,20H,2,6-9,12-13,16-17H2,1H3. The summed E-state index contributed by atoms with van der Waals surface area (Å²) in [5.41, 5.74) is 2.79. The smallest absolute Gasteiger partial charge is 0.0717 e. The van der Waals surface area contributed by atoms with Gasteiger partial charge in [0.15, 0.2) is 0 Å². The highest BCUT2D eigenvalue weighted by Crippen LogP contribution is 2.37. The summed E-state index contributed by atoms with van der Waals surface area (Å²) in [6.07, 6.45) is 13.9. The maximum atomic E-state index is 5.69. The summed E-state index contributed by atoms with van der Waals surface area (Å²) in [6, 6.07) is 9.09. The van der Waals surface area contributed by atoms with Crippen molar-refractivity contribution in [1.29, 1.82) is 0 Å². The second-order valence-corrected chi connectivity index (χ2v) is 6.39. The Morgan fingerprint density at radius 3 is 2.50 bits per heavy atom. The third kappa shape index (κ3) is 5.46. The molecule has 0 N–H and O–H groups in total. The highest BCUT2D eigenvalue weighted by Gasteiger charge is 2.21. The Morgan fingerprint density at radius 2 is 1.86 bits per heavy atom. The van der Waals surface area contributed by atoms with Gasteiger partial charge < -0.3 is 4.74 Å². The third-order valence-electron chi connectivity index (χ3n) is 4.73. The quantitative estimate of drug-likeness (QED) is 0.421. The van der Waals surface area contributed by atoms with Gasteiger partial charge in [-0.25, -0.2) is 0 Å². The second kappa shape index (κ2) is 9.63. The monoisotopic (exact) mass is 298 g/mol. The molecule has 1 fully saturated rings. The van der Waals surface area contributed by atoms with Crippen LogP contribution in [-0.2, 0) is 11.3 Å². The fraction of sp³-hybridized carbons (Fsp3) is 0.524. The van der Waals surface area contributed by atoms with Gasteiger partial charge in [0.1, 0.15) is 0 Å². The van der Waals surface area contributed by atoms with E-state index >= 15 is 0 Å². The molecule has 0 aliphatic heterocycles. The number of rotatable bonds is 8. The molecule has 1 aliphatic carbocycles. The highest BCUT2D eigenvalue weighted by atomic mass is 16.5. The van der Waals surface area contributed by atoms with E-state index in [4.69, 9.17) is 4.74 Å². The fourth-order valence-electron chi connectivity index (χ4n) is 3.36. The van der Waals surface area contributed by atoms with Gasteiger partial charge in [-0.2, -0.15) is 0 Å². The molecule has 1 nitrogen and oxygen atoms in total. The first kappa shape index (κ1) is 17.0. The maximum Gasteiger partial charge on any atom is 0.0717 e. The molecule has 0 bridgehead atoms. The van der Waals surface area contributed by atoms with Gasteiger partial charge in [-0.1, -0.05) is 42.5 Å². The van der Waals surface area contributed by atoms with Crippen LogP contribution in [-0.4, -0.2) is 6.61 Å². The molecular weight excluding hydrogens is 268 g/mol. The summed E-state index contributed by atoms with van der Waals surface area (Å²) >= 11 is 0. The van der Waals surface area contributed by atoms with Crippen LogP contribution in [0.1, 0.15) is 62.5 Å². The predicted octanol–water partition coefficient (Wildman–Crippen LogP) is 6.02. The Bertz CT molecular complexity index is 449. The van der Waals surface area contributed by atoms with Crippen LogP contribution in [0.15, 0.2) is 49.1 Å². The first-order valence-corrected chi connectivity index (χ1v) is 8.72. The zero-order valence-electron chi connectivity index (χ0n) is 14.0. The van der Waals surface area contributed by atoms with Crippen molar-refractivity contribution in [2.75, 3.05) is 6.61 Å². The molecule has 1 saturated carbocycles. The lowest BCUT2D eigenvalue weighted by atomic mass is 9.77. The molecule has 1 aliphatic rings. The zero-order chi connectivity index (χ0) is 15.6. The van der Waals surface area contributed by atoms with E-state index < -0.39 is 0 Å². The SMILES string of the molecule is C=CCC1CCC(c2ccc(COCCC=CC)cc2)CC1. The van der Waals surface area contributed by atoms with Crippen molar-refractivity contribution >= 4 is 0 Å². The molecule has 120 valence electrons. The topological polar surface area (TPSA) is 9.23 Å². The van der Waals surface area contributed by atoms with Crippen molar-refractivity contribution in [3.8, 4) is 0 Å². The van der Waals surface area contributed by atoms with E-state index in [-0.39, 0.29) is 0 Å². The van der Waals surface area contributed by atoms with E-state index in [0.29, 0.717) is 0 Å². The summed E-state index contributed by atoms with van der Waals surface area (Å²) in [6.45, 7) is 7.44. The zero-order valence-corrected chi connectivity index (χ0v) is 14.0. The van der Waals surface area contributed by atoms with Crippen LogP contribution in [0, 0.1) is 5.92 Å². The van der Waals surface area contributed by atoms with E-state index in [2.05, 4.69) is 49.1 Å². The van der Waals surface area contributed by atoms with Gasteiger partial charge in [-0.3, -0.25) is 0 Å². The molecule has 0 spiro atoms. The van der Waals surface area contributed by atoms with E-state index in [1.807, 2.05) is 6.92 Å². The molecule has 2 rings (SSSR count). The molecule has 0 saturated heterocycles. The molecule has 1 heteroatoms. The number of ether oxygens (including phenoxy) is 1. The van der Waals surface area contributed by atoms with Gasteiger partial charge in [0.2, 0.25) is 0 Å². The molecule has 22 heavy (non-hydrogen) atoms. The Kier molecular flexibility index (Phi) is 7.45. The van der Waals surface area contributed by atoms with Crippen LogP contribution in [0.3, 0.4) is 0 Å². The first-order chi connectivity index (χ1) is 10.8. The van der Waals surface area contributed by atoms with Crippen LogP contribution in [0.2, 0.25) is 0 Å². The van der Waals surface area contributed by atoms with Crippen molar-refractivity contribution < 1.29 is 4.74 Å². The van der Waals surface area contributed by atoms with Crippen molar-refractivity contribution in [2.24, 2.45) is 5.92 Å². The van der Waals surface area contributed by atoms with Crippen LogP contribution in [0.25, 0.3) is 0 Å². The van der Waals surface area contributed by atoms with Gasteiger partial charge in [-0.15, -0.1) is 6.58 Å². The first-order valence-electron chi connectivity index (χ1n) is 8.72. The van der Waals surface area contributed by atoms with Crippen molar-refractivity contribution in [3.05, 3.63) is 60.2 Å². The summed E-state index contributed by atoms with van der Waals surface area (Å²) in [5.74, 6) is 1.63. The second-order valence-electron chi connectivity index (χ2n) is 6.39. The maximum absolute atomic E-state index is 5.69. The Balaban J connectivity index is 1.76. The largest absolute Gasteiger partial charge is 0.376 e. The number of benzene rings is 1. The van der Waals surface area contributed by atoms with Gasteiger partial charge in [-0.05, 0) is 68.4 Å². The summed E-state index contributed by atoms with van der Waals surface area (Å²) in [5, 5.41) is 0. The lowest BCUT2D eigenvalue weighted by Gasteiger charge is -2.28. The van der Waals surface area contributed by atoms with Gasteiger partial charge in [0, 0.05) is 0 Å². The van der Waals surface area contributed by atoms with Crippen LogP contribution >= 0.6 is 0 Å². The van der Waals surface area contributed by atoms with E-state index in [1.165, 1.54) is 43.2 Å². The number of hydrogen-bond donors (Lipinski definition) is 0. The van der Waals surface area contributed by atoms with Gasteiger partial charge in [0.05, 0.1) is 13.2 Å². The third-order valence-corrected chi connectivity index (χ3v) is 4.73. The normalized spacial score (nSPS) is 22.0. The molecular formula is C21H30O. The minimum Gasteiger partial charge on any atom is -0.376 e. The molecule has 1 aromatic carbocycles. The van der Waals surface area contributed by atoms with Crippen LogP contribution in [0.5, 0.6) is 0 Å². The average Bonchev–Trinajstić information content (AvgIpc) is 2.56. The van der Waals surface area contributed by atoms with Crippen LogP contribution in [0.4, 0.5) is 0 Å². The Morgan fingerprint density at radius 1 is 1.14 bits per heavy atom. The summed E-state index contributed by atoms with van der Waals surface area (Å²) in [4.78, 5) is 0. The fourth-order valence-corrected chi connectivity index (χ4v) is 3.36. The minimum atomic E-state index is 0.726. The molecule has 0 unspecified atom stereocenters. The van der Waals surface area contributed by atoms with E-state index in [9.17, 15) is 0 Å². The summed E-state index contributed by atoms with van der Waals surface area (Å²) < 4.78 is 5.69. The number of allylic oxidation sites excluding steroid dienone is 2. The van der Waals surface area contributed by atoms with Gasteiger partial charge in [0.25, 0.3) is 0 Å². The van der Waals surface area contributed by atoms with Crippen molar-refractivity contribution in [1.82, 2.24) is 0 Å².